The molecule has 1 heterocycles. The first kappa shape index (κ1) is 20.6. The van der Waals surface area contributed by atoms with Crippen molar-refractivity contribution >= 4 is 5.91 Å². The molecule has 1 aliphatic carbocycles. The Hall–Kier alpha value is -0.690. The fraction of sp³-hybridized carbons (Fsp3) is 0.947. The molecule has 146 valence electrons. The molecule has 1 atom stereocenters. The minimum absolute atomic E-state index is 0.0848. The quantitative estimate of drug-likeness (QED) is 0.551. The van der Waals surface area contributed by atoms with Crippen molar-refractivity contribution in [2.24, 2.45) is 5.73 Å². The fourth-order valence-corrected chi connectivity index (χ4v) is 3.63. The molecule has 0 aromatic heterocycles. The van der Waals surface area contributed by atoms with Crippen LogP contribution in [0, 0.1) is 0 Å². The first-order chi connectivity index (χ1) is 12.3. The highest BCUT2D eigenvalue weighted by molar-refractivity contribution is 5.81. The van der Waals surface area contributed by atoms with Crippen molar-refractivity contribution in [1.82, 2.24) is 10.2 Å². The Morgan fingerprint density at radius 3 is 2.64 bits per heavy atom. The van der Waals surface area contributed by atoms with E-state index in [0.29, 0.717) is 12.6 Å². The number of unbranched alkanes of at least 4 members (excludes halogenated alkanes) is 2. The number of nitrogens with two attached hydrogens (primary N) is 1. The van der Waals surface area contributed by atoms with Gasteiger partial charge in [-0.05, 0) is 32.2 Å². The lowest BCUT2D eigenvalue weighted by Gasteiger charge is -2.28. The molecule has 1 aliphatic heterocycles. The molecule has 25 heavy (non-hydrogen) atoms. The number of nitrogens with one attached hydrogen (secondary N) is 1. The molecular weight excluding hydrogens is 318 g/mol. The van der Waals surface area contributed by atoms with Gasteiger partial charge in [0.25, 0.3) is 0 Å². The number of carbonyl (C=O) groups is 1. The lowest BCUT2D eigenvalue weighted by Crippen LogP contribution is -2.44. The van der Waals surface area contributed by atoms with Gasteiger partial charge in [-0.2, -0.15) is 0 Å². The van der Waals surface area contributed by atoms with E-state index in [-0.39, 0.29) is 12.0 Å². The summed E-state index contributed by atoms with van der Waals surface area (Å²) >= 11 is 0. The largest absolute Gasteiger partial charge is 0.379 e. The normalized spacial score (nSPS) is 21.2. The number of ether oxygens (including phenoxy) is 2. The van der Waals surface area contributed by atoms with Gasteiger partial charge in [-0.15, -0.1) is 0 Å². The average Bonchev–Trinajstić information content (AvgIpc) is 2.65. The molecule has 3 N–H and O–H groups in total. The van der Waals surface area contributed by atoms with Crippen LogP contribution >= 0.6 is 0 Å². The highest BCUT2D eigenvalue weighted by Gasteiger charge is 2.23. The van der Waals surface area contributed by atoms with Gasteiger partial charge in [-0.1, -0.05) is 32.1 Å². The molecule has 2 fully saturated rings. The van der Waals surface area contributed by atoms with Crippen LogP contribution in [0.15, 0.2) is 0 Å². The van der Waals surface area contributed by atoms with Gasteiger partial charge in [0.15, 0.2) is 0 Å². The van der Waals surface area contributed by atoms with Crippen LogP contribution in [0.1, 0.15) is 57.8 Å². The molecular formula is C19H37N3O3. The molecule has 2 aliphatic rings. The Kier molecular flexibility index (Phi) is 10.4. The smallest absolute Gasteiger partial charge is 0.249 e. The Balaban J connectivity index is 1.72. The van der Waals surface area contributed by atoms with E-state index in [1.807, 2.05) is 0 Å². The summed E-state index contributed by atoms with van der Waals surface area (Å²) in [4.78, 5) is 15.0. The molecule has 1 saturated carbocycles. The molecule has 0 aromatic carbocycles. The molecule has 6 heteroatoms. The Morgan fingerprint density at radius 2 is 1.92 bits per heavy atom. The first-order valence-electron chi connectivity index (χ1n) is 10.2. The number of rotatable bonds is 11. The Morgan fingerprint density at radius 1 is 1.16 bits per heavy atom. The second-order valence-corrected chi connectivity index (χ2v) is 7.29. The third-order valence-electron chi connectivity index (χ3n) is 5.24. The second-order valence-electron chi connectivity index (χ2n) is 7.29. The zero-order valence-electron chi connectivity index (χ0n) is 15.7. The zero-order valence-corrected chi connectivity index (χ0v) is 15.7. The van der Waals surface area contributed by atoms with E-state index in [4.69, 9.17) is 15.2 Å². The molecule has 0 bridgehead atoms. The SMILES string of the molecule is NCCCCCC(OCCN1CCOCC1)C(=O)NC1CCCCC1. The Labute approximate surface area is 152 Å². The predicted molar refractivity (Wildman–Crippen MR) is 99.5 cm³/mol. The van der Waals surface area contributed by atoms with Crippen molar-refractivity contribution in [3.05, 3.63) is 0 Å². The Bertz CT molecular complexity index is 356. The summed E-state index contributed by atoms with van der Waals surface area (Å²) in [5.41, 5.74) is 5.57. The molecule has 1 saturated heterocycles. The highest BCUT2D eigenvalue weighted by Crippen LogP contribution is 2.18. The summed E-state index contributed by atoms with van der Waals surface area (Å²) in [5.74, 6) is 0.0848. The zero-order chi connectivity index (χ0) is 17.7. The summed E-state index contributed by atoms with van der Waals surface area (Å²) in [6.07, 6.45) is 9.53. The number of nitrogens with zero attached hydrogens (tertiary/aromatic N) is 1. The number of amides is 1. The predicted octanol–water partition coefficient (Wildman–Crippen LogP) is 1.67. The van der Waals surface area contributed by atoms with Gasteiger partial charge >= 0.3 is 0 Å². The van der Waals surface area contributed by atoms with E-state index in [1.54, 1.807) is 0 Å². The number of hydrogen-bond donors (Lipinski definition) is 2. The number of carbonyl (C=O) groups excluding carboxylic acids is 1. The first-order valence-corrected chi connectivity index (χ1v) is 10.2. The summed E-state index contributed by atoms with van der Waals surface area (Å²) < 4.78 is 11.4. The van der Waals surface area contributed by atoms with Crippen LogP contribution in [0.3, 0.4) is 0 Å². The van der Waals surface area contributed by atoms with Gasteiger partial charge in [0.1, 0.15) is 6.10 Å². The minimum Gasteiger partial charge on any atom is -0.379 e. The van der Waals surface area contributed by atoms with Crippen LogP contribution in [0.25, 0.3) is 0 Å². The monoisotopic (exact) mass is 355 g/mol. The van der Waals surface area contributed by atoms with Crippen molar-refractivity contribution in [3.63, 3.8) is 0 Å². The van der Waals surface area contributed by atoms with E-state index >= 15 is 0 Å². The van der Waals surface area contributed by atoms with E-state index in [1.165, 1.54) is 19.3 Å². The van der Waals surface area contributed by atoms with Crippen molar-refractivity contribution in [1.29, 1.82) is 0 Å². The van der Waals surface area contributed by atoms with Crippen molar-refractivity contribution < 1.29 is 14.3 Å². The van der Waals surface area contributed by atoms with Crippen LogP contribution in [-0.4, -0.2) is 69.0 Å². The third-order valence-corrected chi connectivity index (χ3v) is 5.24. The van der Waals surface area contributed by atoms with Gasteiger partial charge in [0.2, 0.25) is 5.91 Å². The van der Waals surface area contributed by atoms with Crippen molar-refractivity contribution in [2.45, 2.75) is 69.9 Å². The topological polar surface area (TPSA) is 76.8 Å². The van der Waals surface area contributed by atoms with E-state index in [0.717, 1.165) is 77.9 Å². The van der Waals surface area contributed by atoms with E-state index < -0.39 is 0 Å². The maximum Gasteiger partial charge on any atom is 0.249 e. The summed E-state index contributed by atoms with van der Waals surface area (Å²) in [6, 6.07) is 0.343. The van der Waals surface area contributed by atoms with E-state index in [2.05, 4.69) is 10.2 Å². The maximum absolute atomic E-state index is 12.7. The van der Waals surface area contributed by atoms with Crippen LogP contribution in [0.2, 0.25) is 0 Å². The minimum atomic E-state index is -0.319. The summed E-state index contributed by atoms with van der Waals surface area (Å²) in [7, 11) is 0. The fourth-order valence-electron chi connectivity index (χ4n) is 3.63. The third kappa shape index (κ3) is 8.49. The average molecular weight is 356 g/mol. The van der Waals surface area contributed by atoms with Crippen LogP contribution < -0.4 is 11.1 Å². The number of morpholine rings is 1. The molecule has 0 spiro atoms. The van der Waals surface area contributed by atoms with Crippen LogP contribution in [-0.2, 0) is 14.3 Å². The van der Waals surface area contributed by atoms with Crippen molar-refractivity contribution in [3.8, 4) is 0 Å². The maximum atomic E-state index is 12.7. The lowest BCUT2D eigenvalue weighted by atomic mass is 9.95. The molecule has 6 nitrogen and oxygen atoms in total. The summed E-state index contributed by atoms with van der Waals surface area (Å²) in [5, 5.41) is 3.23. The number of hydrogen-bond acceptors (Lipinski definition) is 5. The highest BCUT2D eigenvalue weighted by atomic mass is 16.5. The van der Waals surface area contributed by atoms with Gasteiger partial charge in [-0.3, -0.25) is 9.69 Å². The van der Waals surface area contributed by atoms with Gasteiger partial charge in [-0.25, -0.2) is 0 Å². The van der Waals surface area contributed by atoms with Gasteiger partial charge < -0.3 is 20.5 Å². The van der Waals surface area contributed by atoms with E-state index in [9.17, 15) is 4.79 Å². The lowest BCUT2D eigenvalue weighted by molar-refractivity contribution is -0.134. The van der Waals surface area contributed by atoms with Crippen LogP contribution in [0.5, 0.6) is 0 Å². The van der Waals surface area contributed by atoms with Gasteiger partial charge in [0, 0.05) is 25.7 Å². The summed E-state index contributed by atoms with van der Waals surface area (Å²) in [6.45, 7) is 5.71. The molecule has 2 rings (SSSR count). The van der Waals surface area contributed by atoms with Crippen LogP contribution in [0.4, 0.5) is 0 Å². The molecule has 0 radical (unpaired) electrons. The standard InChI is InChI=1S/C19H37N3O3/c20-10-6-2-5-9-18(19(23)21-17-7-3-1-4-8-17)25-16-13-22-11-14-24-15-12-22/h17-18H,1-16,20H2,(H,21,23). The van der Waals surface area contributed by atoms with Crippen molar-refractivity contribution in [2.75, 3.05) is 46.0 Å². The molecule has 0 aromatic rings. The van der Waals surface area contributed by atoms with Gasteiger partial charge in [0.05, 0.1) is 19.8 Å². The molecule has 1 amide bonds. The molecule has 1 unspecified atom stereocenters. The second kappa shape index (κ2) is 12.6.